The summed E-state index contributed by atoms with van der Waals surface area (Å²) in [6.45, 7) is 2.14. The van der Waals surface area contributed by atoms with Gasteiger partial charge in [0.1, 0.15) is 0 Å². The van der Waals surface area contributed by atoms with Crippen molar-refractivity contribution in [2.24, 2.45) is 0 Å². The van der Waals surface area contributed by atoms with Gasteiger partial charge in [-0.2, -0.15) is 0 Å². The SMILES string of the molecule is Cc1ccncc1-c1ccc(-c2c3ccccc3c(-c3ccc(-c4ccncc4)c4ccccc34)c3ccccc23)cc1. The highest BCUT2D eigenvalue weighted by Gasteiger charge is 2.19. The highest BCUT2D eigenvalue weighted by molar-refractivity contribution is 6.24. The molecule has 0 aliphatic heterocycles. The fourth-order valence-electron chi connectivity index (χ4n) is 6.61. The maximum Gasteiger partial charge on any atom is 0.0349 e. The quantitative estimate of drug-likeness (QED) is 0.204. The van der Waals surface area contributed by atoms with Crippen LogP contribution in [0.25, 0.3) is 76.8 Å². The van der Waals surface area contributed by atoms with Gasteiger partial charge in [0.05, 0.1) is 0 Å². The summed E-state index contributed by atoms with van der Waals surface area (Å²) in [5.41, 5.74) is 11.0. The monoisotopic (exact) mass is 548 g/mol. The van der Waals surface area contributed by atoms with Gasteiger partial charge < -0.3 is 0 Å². The van der Waals surface area contributed by atoms with Crippen molar-refractivity contribution < 1.29 is 0 Å². The van der Waals surface area contributed by atoms with Gasteiger partial charge in [-0.3, -0.25) is 9.97 Å². The molecule has 0 amide bonds. The molecule has 2 heterocycles. The first-order chi connectivity index (χ1) is 21.3. The summed E-state index contributed by atoms with van der Waals surface area (Å²) in [4.78, 5) is 8.60. The fourth-order valence-corrected chi connectivity index (χ4v) is 6.61. The zero-order chi connectivity index (χ0) is 28.8. The minimum atomic E-state index is 1.17. The van der Waals surface area contributed by atoms with Crippen molar-refractivity contribution in [2.45, 2.75) is 6.92 Å². The minimum absolute atomic E-state index is 1.17. The molecule has 0 bridgehead atoms. The predicted molar refractivity (Wildman–Crippen MR) is 181 cm³/mol. The second-order valence-electron chi connectivity index (χ2n) is 11.1. The molecule has 0 saturated heterocycles. The lowest BCUT2D eigenvalue weighted by Crippen LogP contribution is -1.92. The van der Waals surface area contributed by atoms with Crippen molar-refractivity contribution in [1.29, 1.82) is 0 Å². The Labute approximate surface area is 251 Å². The third kappa shape index (κ3) is 4.19. The maximum absolute atomic E-state index is 4.36. The van der Waals surface area contributed by atoms with E-state index in [2.05, 4.69) is 144 Å². The third-order valence-electron chi connectivity index (χ3n) is 8.64. The molecule has 202 valence electrons. The van der Waals surface area contributed by atoms with Gasteiger partial charge in [0.2, 0.25) is 0 Å². The van der Waals surface area contributed by atoms with E-state index in [1.807, 2.05) is 24.8 Å². The number of hydrogen-bond donors (Lipinski definition) is 0. The van der Waals surface area contributed by atoms with Gasteiger partial charge in [-0.1, -0.05) is 109 Å². The maximum atomic E-state index is 4.36. The molecule has 0 radical (unpaired) electrons. The molecule has 0 fully saturated rings. The molecule has 8 aromatic rings. The van der Waals surface area contributed by atoms with Crippen LogP contribution in [0.4, 0.5) is 0 Å². The number of nitrogens with zero attached hydrogens (tertiary/aromatic N) is 2. The standard InChI is InChI=1S/C41H28N2/c1-27-20-23-43-26-39(27)28-14-16-30(17-15-28)40-34-10-4-6-12-36(34)41(37-13-7-5-11-35(37)40)38-19-18-31(29-21-24-42-25-22-29)32-8-2-3-9-33(32)38/h2-26H,1H3. The molecule has 0 unspecified atom stereocenters. The molecule has 0 atom stereocenters. The average Bonchev–Trinajstić information content (AvgIpc) is 3.08. The van der Waals surface area contributed by atoms with Crippen LogP contribution in [0.2, 0.25) is 0 Å². The van der Waals surface area contributed by atoms with E-state index < -0.39 is 0 Å². The van der Waals surface area contributed by atoms with E-state index in [1.54, 1.807) is 0 Å². The van der Waals surface area contributed by atoms with Crippen LogP contribution >= 0.6 is 0 Å². The van der Waals surface area contributed by atoms with Gasteiger partial charge in [0.15, 0.2) is 0 Å². The summed E-state index contributed by atoms with van der Waals surface area (Å²) in [7, 11) is 0. The van der Waals surface area contributed by atoms with Crippen LogP contribution in [-0.4, -0.2) is 9.97 Å². The summed E-state index contributed by atoms with van der Waals surface area (Å²) >= 11 is 0. The van der Waals surface area contributed by atoms with Crippen LogP contribution in [0, 0.1) is 6.92 Å². The van der Waals surface area contributed by atoms with Crippen molar-refractivity contribution in [2.75, 3.05) is 0 Å². The Morgan fingerprint density at radius 1 is 0.349 bits per heavy atom. The third-order valence-corrected chi connectivity index (χ3v) is 8.64. The van der Waals surface area contributed by atoms with E-state index in [1.165, 1.54) is 82.4 Å². The van der Waals surface area contributed by atoms with Crippen LogP contribution in [0.15, 0.2) is 152 Å². The summed E-state index contributed by atoms with van der Waals surface area (Å²) in [6, 6.07) is 46.3. The molecule has 0 spiro atoms. The van der Waals surface area contributed by atoms with E-state index in [-0.39, 0.29) is 0 Å². The summed E-state index contributed by atoms with van der Waals surface area (Å²) in [6.07, 6.45) is 7.53. The first-order valence-electron chi connectivity index (χ1n) is 14.7. The summed E-state index contributed by atoms with van der Waals surface area (Å²) < 4.78 is 0. The first-order valence-corrected chi connectivity index (χ1v) is 14.7. The second-order valence-corrected chi connectivity index (χ2v) is 11.1. The molecule has 2 aromatic heterocycles. The Kier molecular flexibility index (Phi) is 6.05. The highest BCUT2D eigenvalue weighted by atomic mass is 14.6. The Balaban J connectivity index is 1.40. The minimum Gasteiger partial charge on any atom is -0.265 e. The number of aromatic nitrogens is 2. The summed E-state index contributed by atoms with van der Waals surface area (Å²) in [5, 5.41) is 7.50. The van der Waals surface area contributed by atoms with Crippen molar-refractivity contribution in [3.8, 4) is 44.5 Å². The van der Waals surface area contributed by atoms with E-state index in [0.29, 0.717) is 0 Å². The molecule has 0 saturated carbocycles. The van der Waals surface area contributed by atoms with Gasteiger partial charge in [0.25, 0.3) is 0 Å². The van der Waals surface area contributed by atoms with Crippen LogP contribution < -0.4 is 0 Å². The lowest BCUT2D eigenvalue weighted by Gasteiger charge is -2.20. The largest absolute Gasteiger partial charge is 0.265 e. The Morgan fingerprint density at radius 2 is 0.814 bits per heavy atom. The van der Waals surface area contributed by atoms with E-state index in [0.717, 1.165) is 0 Å². The van der Waals surface area contributed by atoms with Crippen LogP contribution in [0.1, 0.15) is 5.56 Å². The molecule has 2 heteroatoms. The zero-order valence-corrected chi connectivity index (χ0v) is 23.8. The molecule has 43 heavy (non-hydrogen) atoms. The van der Waals surface area contributed by atoms with Gasteiger partial charge in [0, 0.05) is 30.4 Å². The fraction of sp³-hybridized carbons (Fsp3) is 0.0244. The van der Waals surface area contributed by atoms with Crippen molar-refractivity contribution >= 4 is 32.3 Å². The number of hydrogen-bond acceptors (Lipinski definition) is 2. The molecular formula is C41H28N2. The van der Waals surface area contributed by atoms with Gasteiger partial charge in [-0.25, -0.2) is 0 Å². The Bertz CT molecular complexity index is 2230. The predicted octanol–water partition coefficient (Wildman–Crippen LogP) is 10.9. The lowest BCUT2D eigenvalue weighted by molar-refractivity contribution is 1.29. The molecular weight excluding hydrogens is 520 g/mol. The first kappa shape index (κ1) is 25.1. The average molecular weight is 549 g/mol. The normalized spacial score (nSPS) is 11.4. The molecule has 2 nitrogen and oxygen atoms in total. The number of benzene rings is 6. The highest BCUT2D eigenvalue weighted by Crippen LogP contribution is 2.46. The molecule has 6 aromatic carbocycles. The van der Waals surface area contributed by atoms with Gasteiger partial charge in [-0.05, 0) is 102 Å². The molecule has 0 N–H and O–H groups in total. The molecule has 0 aliphatic rings. The Morgan fingerprint density at radius 3 is 1.42 bits per heavy atom. The van der Waals surface area contributed by atoms with E-state index >= 15 is 0 Å². The number of aryl methyl sites for hydroxylation is 1. The number of fused-ring (bicyclic) bond motifs is 3. The lowest BCUT2D eigenvalue weighted by atomic mass is 9.83. The summed E-state index contributed by atoms with van der Waals surface area (Å²) in [5.74, 6) is 0. The number of rotatable bonds is 4. The van der Waals surface area contributed by atoms with Gasteiger partial charge in [-0.15, -0.1) is 0 Å². The second kappa shape index (κ2) is 10.3. The van der Waals surface area contributed by atoms with Gasteiger partial charge >= 0.3 is 0 Å². The van der Waals surface area contributed by atoms with E-state index in [9.17, 15) is 0 Å². The molecule has 8 rings (SSSR count). The smallest absolute Gasteiger partial charge is 0.0349 e. The van der Waals surface area contributed by atoms with Crippen LogP contribution in [0.5, 0.6) is 0 Å². The Hall–Kier alpha value is -5.60. The van der Waals surface area contributed by atoms with Crippen molar-refractivity contribution in [3.05, 3.63) is 158 Å². The zero-order valence-electron chi connectivity index (χ0n) is 23.8. The van der Waals surface area contributed by atoms with Crippen molar-refractivity contribution in [3.63, 3.8) is 0 Å². The number of pyridine rings is 2. The van der Waals surface area contributed by atoms with Crippen LogP contribution in [-0.2, 0) is 0 Å². The topological polar surface area (TPSA) is 25.8 Å². The van der Waals surface area contributed by atoms with Crippen molar-refractivity contribution in [1.82, 2.24) is 9.97 Å². The van der Waals surface area contributed by atoms with E-state index in [4.69, 9.17) is 0 Å². The molecule has 0 aliphatic carbocycles. The van der Waals surface area contributed by atoms with Crippen LogP contribution in [0.3, 0.4) is 0 Å².